The number of likely N-dealkylation sites (tertiary alicyclic amines) is 1. The van der Waals surface area contributed by atoms with E-state index in [1.807, 2.05) is 4.90 Å². The monoisotopic (exact) mass is 282 g/mol. The molecule has 0 aliphatic carbocycles. The van der Waals surface area contributed by atoms with Crippen LogP contribution in [-0.4, -0.2) is 29.8 Å². The van der Waals surface area contributed by atoms with E-state index in [0.29, 0.717) is 12.3 Å². The van der Waals surface area contributed by atoms with Crippen LogP contribution >= 0.6 is 0 Å². The maximum absolute atomic E-state index is 11.8. The van der Waals surface area contributed by atoms with Crippen LogP contribution in [0.3, 0.4) is 0 Å². The molecule has 1 aliphatic rings. The van der Waals surface area contributed by atoms with Gasteiger partial charge in [0.1, 0.15) is 0 Å². The highest BCUT2D eigenvalue weighted by Gasteiger charge is 2.16. The Bertz CT molecular complexity index is 286. The first-order valence-corrected chi connectivity index (χ1v) is 8.26. The lowest BCUT2D eigenvalue weighted by atomic mass is 10.1. The molecule has 0 aromatic carbocycles. The summed E-state index contributed by atoms with van der Waals surface area (Å²) in [4.78, 5) is 24.4. The van der Waals surface area contributed by atoms with Crippen LogP contribution in [0.2, 0.25) is 0 Å². The molecule has 2 amide bonds. The van der Waals surface area contributed by atoms with Gasteiger partial charge in [0.2, 0.25) is 11.8 Å². The minimum Gasteiger partial charge on any atom is -0.370 e. The van der Waals surface area contributed by atoms with E-state index in [2.05, 4.69) is 0 Å². The lowest BCUT2D eigenvalue weighted by Crippen LogP contribution is -2.27. The third-order valence-corrected chi connectivity index (χ3v) is 4.02. The highest BCUT2D eigenvalue weighted by Crippen LogP contribution is 2.13. The average molecular weight is 282 g/mol. The van der Waals surface area contributed by atoms with Gasteiger partial charge >= 0.3 is 0 Å². The van der Waals surface area contributed by atoms with E-state index in [4.69, 9.17) is 5.73 Å². The number of carbonyl (C=O) groups excluding carboxylic acids is 2. The van der Waals surface area contributed by atoms with Crippen molar-refractivity contribution in [3.8, 4) is 0 Å². The number of rotatable bonds is 11. The summed E-state index contributed by atoms with van der Waals surface area (Å²) in [6.45, 7) is 1.95. The van der Waals surface area contributed by atoms with Gasteiger partial charge in [0.15, 0.2) is 0 Å². The van der Waals surface area contributed by atoms with Crippen molar-refractivity contribution in [1.82, 2.24) is 4.90 Å². The van der Waals surface area contributed by atoms with Crippen molar-refractivity contribution in [3.05, 3.63) is 0 Å². The van der Waals surface area contributed by atoms with E-state index in [9.17, 15) is 9.59 Å². The maximum Gasteiger partial charge on any atom is 0.222 e. The highest BCUT2D eigenvalue weighted by molar-refractivity contribution is 5.76. The number of nitrogens with zero attached hydrogens (tertiary/aromatic N) is 1. The molecule has 4 heteroatoms. The molecule has 0 saturated carbocycles. The fourth-order valence-electron chi connectivity index (χ4n) is 2.76. The summed E-state index contributed by atoms with van der Waals surface area (Å²) < 4.78 is 0. The molecule has 1 saturated heterocycles. The summed E-state index contributed by atoms with van der Waals surface area (Å²) in [6.07, 6.45) is 12.8. The van der Waals surface area contributed by atoms with Crippen molar-refractivity contribution < 1.29 is 9.59 Å². The van der Waals surface area contributed by atoms with Gasteiger partial charge in [-0.25, -0.2) is 0 Å². The first-order valence-electron chi connectivity index (χ1n) is 8.26. The molecule has 2 N–H and O–H groups in total. The quantitative estimate of drug-likeness (QED) is 0.592. The summed E-state index contributed by atoms with van der Waals surface area (Å²) in [5.41, 5.74) is 5.09. The number of carbonyl (C=O) groups is 2. The van der Waals surface area contributed by atoms with Crippen molar-refractivity contribution >= 4 is 11.8 Å². The van der Waals surface area contributed by atoms with E-state index < -0.39 is 0 Å². The van der Waals surface area contributed by atoms with Crippen LogP contribution in [0.1, 0.15) is 77.0 Å². The number of primary amides is 1. The molecule has 0 aromatic heterocycles. The molecule has 0 unspecified atom stereocenters. The molecule has 0 spiro atoms. The fourth-order valence-corrected chi connectivity index (χ4v) is 2.76. The molecule has 0 radical (unpaired) electrons. The second kappa shape index (κ2) is 10.7. The SMILES string of the molecule is NC(=O)CCCCCCCCCCC(=O)N1CCCC1. The van der Waals surface area contributed by atoms with Crippen LogP contribution in [0.15, 0.2) is 0 Å². The Labute approximate surface area is 123 Å². The highest BCUT2D eigenvalue weighted by atomic mass is 16.2. The summed E-state index contributed by atoms with van der Waals surface area (Å²) in [5.74, 6) is 0.168. The Morgan fingerprint density at radius 3 is 1.70 bits per heavy atom. The average Bonchev–Trinajstić information content (AvgIpc) is 2.94. The van der Waals surface area contributed by atoms with Gasteiger partial charge in [-0.3, -0.25) is 9.59 Å². The first-order chi connectivity index (χ1) is 9.70. The van der Waals surface area contributed by atoms with Gasteiger partial charge in [-0.2, -0.15) is 0 Å². The third kappa shape index (κ3) is 8.18. The van der Waals surface area contributed by atoms with E-state index in [1.54, 1.807) is 0 Å². The maximum atomic E-state index is 11.8. The van der Waals surface area contributed by atoms with Crippen LogP contribution < -0.4 is 5.73 Å². The lowest BCUT2D eigenvalue weighted by Gasteiger charge is -2.14. The molecule has 1 fully saturated rings. The van der Waals surface area contributed by atoms with Crippen LogP contribution in [-0.2, 0) is 9.59 Å². The summed E-state index contributed by atoms with van der Waals surface area (Å²) in [6, 6.07) is 0. The zero-order valence-corrected chi connectivity index (χ0v) is 12.7. The molecular formula is C16H30N2O2. The van der Waals surface area contributed by atoms with Crippen molar-refractivity contribution in [2.45, 2.75) is 77.0 Å². The standard InChI is InChI=1S/C16H30N2O2/c17-15(19)11-7-5-3-1-2-4-6-8-12-16(20)18-13-9-10-14-18/h1-14H2,(H2,17,19). The second-order valence-electron chi connectivity index (χ2n) is 5.88. The van der Waals surface area contributed by atoms with Crippen LogP contribution in [0, 0.1) is 0 Å². The van der Waals surface area contributed by atoms with E-state index >= 15 is 0 Å². The number of nitrogens with two attached hydrogens (primary N) is 1. The predicted molar refractivity (Wildman–Crippen MR) is 81.2 cm³/mol. The molecular weight excluding hydrogens is 252 g/mol. The number of amides is 2. The second-order valence-corrected chi connectivity index (χ2v) is 5.88. The van der Waals surface area contributed by atoms with Crippen LogP contribution in [0.4, 0.5) is 0 Å². The van der Waals surface area contributed by atoms with Crippen molar-refractivity contribution in [2.75, 3.05) is 13.1 Å². The molecule has 1 aliphatic heterocycles. The first kappa shape index (κ1) is 17.0. The van der Waals surface area contributed by atoms with E-state index in [-0.39, 0.29) is 5.91 Å². The largest absolute Gasteiger partial charge is 0.370 e. The molecule has 0 aromatic rings. The van der Waals surface area contributed by atoms with Gasteiger partial charge in [0.25, 0.3) is 0 Å². The Morgan fingerprint density at radius 2 is 1.20 bits per heavy atom. The van der Waals surface area contributed by atoms with Gasteiger partial charge in [-0.15, -0.1) is 0 Å². The number of hydrogen-bond acceptors (Lipinski definition) is 2. The van der Waals surface area contributed by atoms with E-state index in [0.717, 1.165) is 38.8 Å². The van der Waals surface area contributed by atoms with Gasteiger partial charge < -0.3 is 10.6 Å². The molecule has 20 heavy (non-hydrogen) atoms. The number of unbranched alkanes of at least 4 members (excludes halogenated alkanes) is 7. The molecule has 1 heterocycles. The minimum absolute atomic E-state index is 0.187. The topological polar surface area (TPSA) is 63.4 Å². The summed E-state index contributed by atoms with van der Waals surface area (Å²) in [5, 5.41) is 0. The lowest BCUT2D eigenvalue weighted by molar-refractivity contribution is -0.130. The summed E-state index contributed by atoms with van der Waals surface area (Å²) in [7, 11) is 0. The van der Waals surface area contributed by atoms with Crippen molar-refractivity contribution in [1.29, 1.82) is 0 Å². The zero-order valence-electron chi connectivity index (χ0n) is 12.7. The predicted octanol–water partition coefficient (Wildman–Crippen LogP) is 3.00. The van der Waals surface area contributed by atoms with Gasteiger partial charge in [-0.05, 0) is 25.7 Å². The smallest absolute Gasteiger partial charge is 0.222 e. The van der Waals surface area contributed by atoms with Crippen molar-refractivity contribution in [2.24, 2.45) is 5.73 Å². The molecule has 4 nitrogen and oxygen atoms in total. The molecule has 0 bridgehead atoms. The van der Waals surface area contributed by atoms with Gasteiger partial charge in [0, 0.05) is 25.9 Å². The fraction of sp³-hybridized carbons (Fsp3) is 0.875. The Balaban J connectivity index is 1.80. The Morgan fingerprint density at radius 1 is 0.750 bits per heavy atom. The Kier molecular flexibility index (Phi) is 9.09. The number of hydrogen-bond donors (Lipinski definition) is 1. The van der Waals surface area contributed by atoms with Crippen LogP contribution in [0.25, 0.3) is 0 Å². The summed E-state index contributed by atoms with van der Waals surface area (Å²) >= 11 is 0. The normalized spacial score (nSPS) is 14.7. The molecule has 1 rings (SSSR count). The van der Waals surface area contributed by atoms with Gasteiger partial charge in [-0.1, -0.05) is 38.5 Å². The van der Waals surface area contributed by atoms with Crippen molar-refractivity contribution in [3.63, 3.8) is 0 Å². The third-order valence-electron chi connectivity index (χ3n) is 4.02. The molecule has 0 atom stereocenters. The van der Waals surface area contributed by atoms with Gasteiger partial charge in [0.05, 0.1) is 0 Å². The Hall–Kier alpha value is -1.06. The van der Waals surface area contributed by atoms with Crippen LogP contribution in [0.5, 0.6) is 0 Å². The minimum atomic E-state index is -0.187. The van der Waals surface area contributed by atoms with E-state index in [1.165, 1.54) is 44.9 Å². The molecule has 116 valence electrons. The zero-order chi connectivity index (χ0) is 14.6.